The van der Waals surface area contributed by atoms with Gasteiger partial charge in [0.1, 0.15) is 0 Å². The summed E-state index contributed by atoms with van der Waals surface area (Å²) in [5.41, 5.74) is 1.05. The van der Waals surface area contributed by atoms with E-state index in [-0.39, 0.29) is 18.2 Å². The molecular weight excluding hydrogens is 396 g/mol. The van der Waals surface area contributed by atoms with Crippen LogP contribution in [-0.4, -0.2) is 63.0 Å². The number of likely N-dealkylation sites (tertiary alicyclic amines) is 1. The van der Waals surface area contributed by atoms with Gasteiger partial charge in [0.05, 0.1) is 19.8 Å². The van der Waals surface area contributed by atoms with Crippen molar-refractivity contribution in [3.8, 4) is 11.5 Å². The number of guanidine groups is 1. The highest BCUT2D eigenvalue weighted by Gasteiger charge is 2.24. The number of piperidine rings is 1. The number of rotatable bonds is 7. The van der Waals surface area contributed by atoms with Crippen LogP contribution < -0.4 is 20.1 Å². The van der Waals surface area contributed by atoms with Crippen LogP contribution in [0.4, 0.5) is 4.79 Å². The molecule has 1 amide bonds. The Labute approximate surface area is 185 Å². The molecule has 0 radical (unpaired) electrons. The SMILES string of the molecule is CCOC(=O)N1CCC(NC(=NC)NCc2cccc(OC)c2OC2CCCC2)CC1. The van der Waals surface area contributed by atoms with Crippen LogP contribution in [-0.2, 0) is 11.3 Å². The molecule has 1 heterocycles. The number of nitrogens with zero attached hydrogens (tertiary/aromatic N) is 2. The van der Waals surface area contributed by atoms with Crippen molar-refractivity contribution in [2.75, 3.05) is 33.9 Å². The number of hydrogen-bond donors (Lipinski definition) is 2. The number of methoxy groups -OCH3 is 1. The van der Waals surface area contributed by atoms with E-state index >= 15 is 0 Å². The number of ether oxygens (including phenoxy) is 3. The van der Waals surface area contributed by atoms with Crippen LogP contribution in [0.2, 0.25) is 0 Å². The molecule has 2 aliphatic rings. The van der Waals surface area contributed by atoms with Gasteiger partial charge >= 0.3 is 6.09 Å². The normalized spacial score (nSPS) is 18.0. The Hall–Kier alpha value is -2.64. The van der Waals surface area contributed by atoms with Crippen LogP contribution in [0, 0.1) is 0 Å². The number of carbonyl (C=O) groups is 1. The molecule has 2 fully saturated rings. The van der Waals surface area contributed by atoms with E-state index in [2.05, 4.69) is 21.7 Å². The quantitative estimate of drug-likeness (QED) is 0.508. The van der Waals surface area contributed by atoms with E-state index in [1.54, 1.807) is 19.1 Å². The summed E-state index contributed by atoms with van der Waals surface area (Å²) in [6.07, 6.45) is 6.38. The van der Waals surface area contributed by atoms with E-state index in [1.165, 1.54) is 12.8 Å². The number of amides is 1. The van der Waals surface area contributed by atoms with E-state index in [9.17, 15) is 4.79 Å². The second kappa shape index (κ2) is 11.7. The maximum absolute atomic E-state index is 11.9. The molecule has 0 spiro atoms. The number of aliphatic imine (C=N–C) groups is 1. The minimum absolute atomic E-state index is 0.226. The Morgan fingerprint density at radius 3 is 2.58 bits per heavy atom. The predicted molar refractivity (Wildman–Crippen MR) is 121 cm³/mol. The summed E-state index contributed by atoms with van der Waals surface area (Å²) in [5.74, 6) is 2.33. The zero-order valence-electron chi connectivity index (χ0n) is 19.0. The zero-order valence-corrected chi connectivity index (χ0v) is 19.0. The van der Waals surface area contributed by atoms with Gasteiger partial charge in [-0.3, -0.25) is 4.99 Å². The van der Waals surface area contributed by atoms with E-state index in [4.69, 9.17) is 14.2 Å². The number of nitrogens with one attached hydrogen (secondary N) is 2. The predicted octanol–water partition coefficient (Wildman–Crippen LogP) is 3.30. The maximum atomic E-state index is 11.9. The Bertz CT molecular complexity index is 741. The third-order valence-corrected chi connectivity index (χ3v) is 5.90. The van der Waals surface area contributed by atoms with Gasteiger partial charge in [-0.25, -0.2) is 4.79 Å². The first-order valence-electron chi connectivity index (χ1n) is 11.4. The Balaban J connectivity index is 1.54. The van der Waals surface area contributed by atoms with E-state index in [1.807, 2.05) is 19.1 Å². The molecule has 8 nitrogen and oxygen atoms in total. The lowest BCUT2D eigenvalue weighted by atomic mass is 10.1. The van der Waals surface area contributed by atoms with Gasteiger partial charge in [-0.1, -0.05) is 12.1 Å². The minimum atomic E-state index is -0.226. The van der Waals surface area contributed by atoms with Crippen molar-refractivity contribution in [1.82, 2.24) is 15.5 Å². The molecule has 1 aromatic carbocycles. The number of benzene rings is 1. The van der Waals surface area contributed by atoms with Crippen molar-refractivity contribution in [2.24, 2.45) is 4.99 Å². The fourth-order valence-corrected chi connectivity index (χ4v) is 4.16. The molecule has 0 atom stereocenters. The standard InChI is InChI=1S/C23H36N4O4/c1-4-30-23(28)27-14-12-18(13-15-27)26-22(24-2)25-16-17-8-7-11-20(29-3)21(17)31-19-9-5-6-10-19/h7-8,11,18-19H,4-6,9-10,12-16H2,1-3H3,(H2,24,25,26). The molecule has 31 heavy (non-hydrogen) atoms. The third-order valence-electron chi connectivity index (χ3n) is 5.90. The molecule has 1 aliphatic heterocycles. The first-order chi connectivity index (χ1) is 15.1. The smallest absolute Gasteiger partial charge is 0.409 e. The van der Waals surface area contributed by atoms with Crippen molar-refractivity contribution >= 4 is 12.1 Å². The van der Waals surface area contributed by atoms with Gasteiger partial charge in [-0.05, 0) is 51.5 Å². The number of para-hydroxylation sites is 1. The first kappa shape index (κ1) is 23.0. The second-order valence-electron chi connectivity index (χ2n) is 8.00. The van der Waals surface area contributed by atoms with Gasteiger partial charge in [-0.2, -0.15) is 0 Å². The Morgan fingerprint density at radius 1 is 1.19 bits per heavy atom. The van der Waals surface area contributed by atoms with E-state index < -0.39 is 0 Å². The average molecular weight is 433 g/mol. The Kier molecular flexibility index (Phi) is 8.67. The molecule has 3 rings (SSSR count). The molecule has 0 bridgehead atoms. The molecule has 172 valence electrons. The molecule has 1 saturated carbocycles. The monoisotopic (exact) mass is 432 g/mol. The Morgan fingerprint density at radius 2 is 1.94 bits per heavy atom. The molecule has 0 aromatic heterocycles. The summed E-state index contributed by atoms with van der Waals surface area (Å²) < 4.78 is 17.0. The maximum Gasteiger partial charge on any atom is 0.409 e. The summed E-state index contributed by atoms with van der Waals surface area (Å²) in [6.45, 7) is 4.19. The summed E-state index contributed by atoms with van der Waals surface area (Å²) in [5, 5.41) is 6.88. The van der Waals surface area contributed by atoms with Crippen LogP contribution in [0.25, 0.3) is 0 Å². The van der Waals surface area contributed by atoms with Gasteiger partial charge in [-0.15, -0.1) is 0 Å². The van der Waals surface area contributed by atoms with Crippen LogP contribution >= 0.6 is 0 Å². The molecule has 8 heteroatoms. The molecule has 0 unspecified atom stereocenters. The first-order valence-corrected chi connectivity index (χ1v) is 11.4. The lowest BCUT2D eigenvalue weighted by molar-refractivity contribution is 0.0963. The largest absolute Gasteiger partial charge is 0.493 e. The number of hydrogen-bond acceptors (Lipinski definition) is 5. The minimum Gasteiger partial charge on any atom is -0.493 e. The fraction of sp³-hybridized carbons (Fsp3) is 0.652. The second-order valence-corrected chi connectivity index (χ2v) is 8.00. The van der Waals surface area contributed by atoms with E-state index in [0.717, 1.165) is 48.7 Å². The molecule has 2 N–H and O–H groups in total. The summed E-state index contributed by atoms with van der Waals surface area (Å²) in [6, 6.07) is 6.25. The lowest BCUT2D eigenvalue weighted by Gasteiger charge is -2.32. The van der Waals surface area contributed by atoms with Crippen LogP contribution in [0.5, 0.6) is 11.5 Å². The lowest BCUT2D eigenvalue weighted by Crippen LogP contribution is -2.49. The molecule has 1 aliphatic carbocycles. The van der Waals surface area contributed by atoms with Gasteiger partial charge in [0, 0.05) is 38.3 Å². The van der Waals surface area contributed by atoms with Gasteiger partial charge in [0.15, 0.2) is 17.5 Å². The van der Waals surface area contributed by atoms with Crippen molar-refractivity contribution in [3.05, 3.63) is 23.8 Å². The van der Waals surface area contributed by atoms with Crippen molar-refractivity contribution in [2.45, 2.75) is 64.1 Å². The molecule has 1 saturated heterocycles. The van der Waals surface area contributed by atoms with Gasteiger partial charge in [0.25, 0.3) is 0 Å². The van der Waals surface area contributed by atoms with Crippen molar-refractivity contribution < 1.29 is 19.0 Å². The van der Waals surface area contributed by atoms with Gasteiger partial charge < -0.3 is 29.7 Å². The summed E-state index contributed by atoms with van der Waals surface area (Å²) >= 11 is 0. The van der Waals surface area contributed by atoms with Crippen molar-refractivity contribution in [3.63, 3.8) is 0 Å². The van der Waals surface area contributed by atoms with E-state index in [0.29, 0.717) is 26.2 Å². The van der Waals surface area contributed by atoms with Crippen LogP contribution in [0.1, 0.15) is 51.0 Å². The highest BCUT2D eigenvalue weighted by molar-refractivity contribution is 5.80. The van der Waals surface area contributed by atoms with Gasteiger partial charge in [0.2, 0.25) is 0 Å². The fourth-order valence-electron chi connectivity index (χ4n) is 4.16. The summed E-state index contributed by atoms with van der Waals surface area (Å²) in [4.78, 5) is 18.0. The van der Waals surface area contributed by atoms with Crippen LogP contribution in [0.15, 0.2) is 23.2 Å². The highest BCUT2D eigenvalue weighted by atomic mass is 16.6. The average Bonchev–Trinajstić information content (AvgIpc) is 3.31. The molecular formula is C23H36N4O4. The van der Waals surface area contributed by atoms with Crippen LogP contribution in [0.3, 0.4) is 0 Å². The highest BCUT2D eigenvalue weighted by Crippen LogP contribution is 2.34. The zero-order chi connectivity index (χ0) is 22.1. The third kappa shape index (κ3) is 6.42. The van der Waals surface area contributed by atoms with Crippen molar-refractivity contribution in [1.29, 1.82) is 0 Å². The topological polar surface area (TPSA) is 84.4 Å². The number of carbonyl (C=O) groups excluding carboxylic acids is 1. The summed E-state index contributed by atoms with van der Waals surface area (Å²) in [7, 11) is 3.45. The molecule has 1 aromatic rings.